The van der Waals surface area contributed by atoms with Crippen LogP contribution in [0.1, 0.15) is 10.4 Å². The number of nitrogens with zero attached hydrogens (tertiary/aromatic N) is 1. The van der Waals surface area contributed by atoms with Crippen LogP contribution in [-0.4, -0.2) is 24.6 Å². The fourth-order valence-electron chi connectivity index (χ4n) is 0.904. The molecule has 0 aliphatic rings. The standard InChI is InChI=1S/C10H7NO4/c12-7-11-10(14)15-6-9(13)8-4-2-1-3-5-8/h1-5H,6H2. The average molecular weight is 205 g/mol. The Morgan fingerprint density at radius 1 is 1.27 bits per heavy atom. The first-order valence-corrected chi connectivity index (χ1v) is 4.07. The smallest absolute Gasteiger partial charge is 0.439 e. The van der Waals surface area contributed by atoms with E-state index in [-0.39, 0.29) is 5.78 Å². The normalized spacial score (nSPS) is 8.80. The molecule has 1 aromatic carbocycles. The van der Waals surface area contributed by atoms with Gasteiger partial charge in [-0.15, -0.1) is 0 Å². The van der Waals surface area contributed by atoms with Crippen LogP contribution in [0.4, 0.5) is 4.79 Å². The van der Waals surface area contributed by atoms with E-state index < -0.39 is 12.7 Å². The average Bonchev–Trinajstić information content (AvgIpc) is 2.27. The number of Topliss-reactive ketones (excluding diaryl/α,β-unsaturated/α-hetero) is 1. The molecule has 5 heteroatoms. The van der Waals surface area contributed by atoms with Crippen molar-refractivity contribution in [3.8, 4) is 0 Å². The van der Waals surface area contributed by atoms with E-state index in [1.807, 2.05) is 0 Å². The van der Waals surface area contributed by atoms with Gasteiger partial charge < -0.3 is 4.74 Å². The Bertz CT molecular complexity index is 407. The number of aliphatic imine (C=N–C) groups is 1. The molecule has 1 rings (SSSR count). The lowest BCUT2D eigenvalue weighted by Crippen LogP contribution is -2.11. The molecule has 0 aliphatic heterocycles. The quantitative estimate of drug-likeness (QED) is 0.424. The van der Waals surface area contributed by atoms with Crippen LogP contribution in [0.3, 0.4) is 0 Å². The minimum Gasteiger partial charge on any atom is -0.439 e. The van der Waals surface area contributed by atoms with Crippen molar-refractivity contribution in [1.82, 2.24) is 0 Å². The van der Waals surface area contributed by atoms with Gasteiger partial charge >= 0.3 is 6.09 Å². The SMILES string of the molecule is O=C=NC(=O)OCC(=O)c1ccccc1. The first kappa shape index (κ1) is 10.8. The molecule has 0 fully saturated rings. The number of hydrogen-bond donors (Lipinski definition) is 0. The van der Waals surface area contributed by atoms with Gasteiger partial charge in [0.1, 0.15) is 0 Å². The second-order valence-electron chi connectivity index (χ2n) is 2.55. The highest BCUT2D eigenvalue weighted by molar-refractivity contribution is 5.97. The maximum atomic E-state index is 11.3. The molecule has 0 heterocycles. The molecule has 76 valence electrons. The summed E-state index contributed by atoms with van der Waals surface area (Å²) in [6.45, 7) is -0.436. The van der Waals surface area contributed by atoms with Crippen molar-refractivity contribution in [2.75, 3.05) is 6.61 Å². The summed E-state index contributed by atoms with van der Waals surface area (Å²) in [6.07, 6.45) is -0.0963. The molecule has 0 N–H and O–H groups in total. The Morgan fingerprint density at radius 2 is 1.93 bits per heavy atom. The molecule has 0 aliphatic carbocycles. The molecule has 1 aromatic rings. The second kappa shape index (κ2) is 5.47. The number of benzene rings is 1. The van der Waals surface area contributed by atoms with Crippen LogP contribution in [0.2, 0.25) is 0 Å². The van der Waals surface area contributed by atoms with Crippen molar-refractivity contribution in [3.05, 3.63) is 35.9 Å². The highest BCUT2D eigenvalue weighted by Gasteiger charge is 2.07. The summed E-state index contributed by atoms with van der Waals surface area (Å²) in [5.74, 6) is -0.356. The molecule has 15 heavy (non-hydrogen) atoms. The maximum absolute atomic E-state index is 11.3. The lowest BCUT2D eigenvalue weighted by atomic mass is 10.1. The third kappa shape index (κ3) is 3.54. The van der Waals surface area contributed by atoms with Gasteiger partial charge in [0.15, 0.2) is 12.4 Å². The van der Waals surface area contributed by atoms with Crippen molar-refractivity contribution in [2.45, 2.75) is 0 Å². The molecule has 0 radical (unpaired) electrons. The van der Waals surface area contributed by atoms with E-state index in [4.69, 9.17) is 0 Å². The molecule has 0 aromatic heterocycles. The minimum absolute atomic E-state index is 0.356. The monoisotopic (exact) mass is 205 g/mol. The second-order valence-corrected chi connectivity index (χ2v) is 2.55. The van der Waals surface area contributed by atoms with Crippen LogP contribution < -0.4 is 0 Å². The van der Waals surface area contributed by atoms with Crippen molar-refractivity contribution >= 4 is 18.0 Å². The predicted octanol–water partition coefficient (Wildman–Crippen LogP) is 1.34. The van der Waals surface area contributed by atoms with Crippen LogP contribution in [0.25, 0.3) is 0 Å². The number of ketones is 1. The summed E-state index contributed by atoms with van der Waals surface area (Å²) in [6, 6.07) is 8.34. The van der Waals surface area contributed by atoms with E-state index in [1.165, 1.54) is 0 Å². The lowest BCUT2D eigenvalue weighted by molar-refractivity contribution is 0.0858. The van der Waals surface area contributed by atoms with Gasteiger partial charge in [-0.25, -0.2) is 9.59 Å². The topological polar surface area (TPSA) is 72.8 Å². The van der Waals surface area contributed by atoms with Gasteiger partial charge in [-0.3, -0.25) is 4.79 Å². The number of ether oxygens (including phenoxy) is 1. The first-order valence-electron chi connectivity index (χ1n) is 4.07. The van der Waals surface area contributed by atoms with E-state index in [0.29, 0.717) is 5.56 Å². The number of carbonyl (C=O) groups is 2. The van der Waals surface area contributed by atoms with E-state index in [2.05, 4.69) is 9.73 Å². The Balaban J connectivity index is 2.51. The fourth-order valence-corrected chi connectivity index (χ4v) is 0.904. The van der Waals surface area contributed by atoms with Gasteiger partial charge in [-0.05, 0) is 0 Å². The van der Waals surface area contributed by atoms with Gasteiger partial charge in [-0.1, -0.05) is 35.3 Å². The summed E-state index contributed by atoms with van der Waals surface area (Å²) in [4.78, 5) is 34.2. The number of isocyanates is 1. The molecular weight excluding hydrogens is 198 g/mol. The summed E-state index contributed by atoms with van der Waals surface area (Å²) < 4.78 is 4.38. The zero-order valence-electron chi connectivity index (χ0n) is 7.67. The molecule has 0 atom stereocenters. The number of amides is 1. The van der Waals surface area contributed by atoms with Crippen molar-refractivity contribution < 1.29 is 19.1 Å². The van der Waals surface area contributed by atoms with Gasteiger partial charge in [0.2, 0.25) is 6.08 Å². The third-order valence-corrected chi connectivity index (χ3v) is 1.56. The van der Waals surface area contributed by atoms with E-state index in [1.54, 1.807) is 30.3 Å². The Labute approximate surface area is 85.4 Å². The van der Waals surface area contributed by atoms with Gasteiger partial charge in [0.05, 0.1) is 0 Å². The molecule has 0 bridgehead atoms. The fraction of sp³-hybridized carbons (Fsp3) is 0.100. The van der Waals surface area contributed by atoms with Crippen LogP contribution >= 0.6 is 0 Å². The number of hydrogen-bond acceptors (Lipinski definition) is 4. The molecule has 0 saturated heterocycles. The van der Waals surface area contributed by atoms with Crippen molar-refractivity contribution in [2.24, 2.45) is 4.99 Å². The van der Waals surface area contributed by atoms with Crippen molar-refractivity contribution in [1.29, 1.82) is 0 Å². The first-order chi connectivity index (χ1) is 7.24. The number of carbonyl (C=O) groups excluding carboxylic acids is 3. The molecule has 0 spiro atoms. The third-order valence-electron chi connectivity index (χ3n) is 1.56. The molecule has 1 amide bonds. The molecular formula is C10H7NO4. The Hall–Kier alpha value is -2.26. The number of rotatable bonds is 3. The van der Waals surface area contributed by atoms with E-state index in [0.717, 1.165) is 6.08 Å². The predicted molar refractivity (Wildman–Crippen MR) is 50.2 cm³/mol. The van der Waals surface area contributed by atoms with Gasteiger partial charge in [0.25, 0.3) is 0 Å². The summed E-state index contributed by atoms with van der Waals surface area (Å²) >= 11 is 0. The highest BCUT2D eigenvalue weighted by Crippen LogP contribution is 2.00. The molecule has 5 nitrogen and oxygen atoms in total. The van der Waals surface area contributed by atoms with Crippen LogP contribution in [-0.2, 0) is 9.53 Å². The molecule has 0 saturated carbocycles. The van der Waals surface area contributed by atoms with E-state index >= 15 is 0 Å². The van der Waals surface area contributed by atoms with E-state index in [9.17, 15) is 14.4 Å². The van der Waals surface area contributed by atoms with Crippen LogP contribution in [0.15, 0.2) is 35.3 Å². The summed E-state index contributed by atoms with van der Waals surface area (Å²) in [7, 11) is 0. The van der Waals surface area contributed by atoms with Crippen molar-refractivity contribution in [3.63, 3.8) is 0 Å². The van der Waals surface area contributed by atoms with Crippen LogP contribution in [0, 0.1) is 0 Å². The zero-order valence-corrected chi connectivity index (χ0v) is 7.67. The maximum Gasteiger partial charge on any atom is 0.445 e. The summed E-state index contributed by atoms with van der Waals surface area (Å²) in [5.41, 5.74) is 0.431. The Morgan fingerprint density at radius 3 is 2.53 bits per heavy atom. The highest BCUT2D eigenvalue weighted by atomic mass is 16.5. The van der Waals surface area contributed by atoms with Gasteiger partial charge in [0, 0.05) is 5.56 Å². The zero-order chi connectivity index (χ0) is 11.1. The minimum atomic E-state index is -1.12. The lowest BCUT2D eigenvalue weighted by Gasteiger charge is -1.99. The Kier molecular flexibility index (Phi) is 3.94. The van der Waals surface area contributed by atoms with Gasteiger partial charge in [-0.2, -0.15) is 0 Å². The van der Waals surface area contributed by atoms with Crippen LogP contribution in [0.5, 0.6) is 0 Å². The molecule has 0 unspecified atom stereocenters. The largest absolute Gasteiger partial charge is 0.445 e. The summed E-state index contributed by atoms with van der Waals surface area (Å²) in [5, 5.41) is 0.